The monoisotopic (exact) mass is 361 g/mol. The van der Waals surface area contributed by atoms with Crippen molar-refractivity contribution in [1.82, 2.24) is 15.1 Å². The van der Waals surface area contributed by atoms with Crippen molar-refractivity contribution in [3.05, 3.63) is 0 Å². The third kappa shape index (κ3) is 3.28. The molecule has 0 bridgehead atoms. The summed E-state index contributed by atoms with van der Waals surface area (Å²) in [6.45, 7) is 7.36. The molecule has 0 aromatic carbocycles. The van der Waals surface area contributed by atoms with Crippen LogP contribution >= 0.6 is 0 Å². The van der Waals surface area contributed by atoms with Crippen LogP contribution in [0.25, 0.3) is 0 Å². The van der Waals surface area contributed by atoms with E-state index in [9.17, 15) is 9.59 Å². The van der Waals surface area contributed by atoms with Gasteiger partial charge in [-0.15, -0.1) is 0 Å². The summed E-state index contributed by atoms with van der Waals surface area (Å²) < 4.78 is 0. The Morgan fingerprint density at radius 3 is 2.12 bits per heavy atom. The maximum Gasteiger partial charge on any atom is 0.326 e. The fourth-order valence-electron chi connectivity index (χ4n) is 5.45. The number of amides is 3. The molecule has 0 radical (unpaired) electrons. The van der Waals surface area contributed by atoms with Crippen molar-refractivity contribution in [3.63, 3.8) is 0 Å². The zero-order valence-electron chi connectivity index (χ0n) is 16.7. The van der Waals surface area contributed by atoms with Gasteiger partial charge in [0.05, 0.1) is 6.67 Å². The summed E-state index contributed by atoms with van der Waals surface area (Å²) in [5.41, 5.74) is -0.345. The summed E-state index contributed by atoms with van der Waals surface area (Å²) in [7, 11) is 0. The molecule has 1 saturated heterocycles. The number of rotatable bonds is 4. The van der Waals surface area contributed by atoms with Gasteiger partial charge in [0.1, 0.15) is 5.54 Å². The second-order valence-electron chi connectivity index (χ2n) is 10.2. The lowest BCUT2D eigenvalue weighted by Crippen LogP contribution is -2.51. The van der Waals surface area contributed by atoms with Crippen LogP contribution in [0.5, 0.6) is 0 Å². The lowest BCUT2D eigenvalue weighted by molar-refractivity contribution is -0.135. The molecular weight excluding hydrogens is 326 g/mol. The summed E-state index contributed by atoms with van der Waals surface area (Å²) >= 11 is 0. The molecule has 3 amide bonds. The molecule has 4 rings (SSSR count). The van der Waals surface area contributed by atoms with E-state index in [0.717, 1.165) is 25.7 Å². The Balaban J connectivity index is 1.44. The van der Waals surface area contributed by atoms with Gasteiger partial charge in [0.2, 0.25) is 0 Å². The van der Waals surface area contributed by atoms with Gasteiger partial charge in [0.15, 0.2) is 0 Å². The Morgan fingerprint density at radius 1 is 1.00 bits per heavy atom. The van der Waals surface area contributed by atoms with Crippen LogP contribution in [0.1, 0.15) is 85.0 Å². The van der Waals surface area contributed by atoms with E-state index >= 15 is 0 Å². The van der Waals surface area contributed by atoms with Crippen molar-refractivity contribution < 1.29 is 9.59 Å². The third-order valence-electron chi connectivity index (χ3n) is 7.42. The number of imide groups is 1. The van der Waals surface area contributed by atoms with E-state index in [1.807, 2.05) is 0 Å². The molecule has 0 atom stereocenters. The van der Waals surface area contributed by atoms with Crippen LogP contribution < -0.4 is 5.32 Å². The summed E-state index contributed by atoms with van der Waals surface area (Å²) in [6, 6.07) is 0.996. The van der Waals surface area contributed by atoms with E-state index in [2.05, 4.69) is 31.0 Å². The summed E-state index contributed by atoms with van der Waals surface area (Å²) in [5.74, 6) is 0.673. The Bertz CT molecular complexity index is 564. The SMILES string of the molecule is CC(C)(C)C1CCC2(CC1)NC(=O)N(CN(C1CCCC1)C1CC1)C2=O. The van der Waals surface area contributed by atoms with Crippen LogP contribution in [0.2, 0.25) is 0 Å². The van der Waals surface area contributed by atoms with Crippen LogP contribution in [0.15, 0.2) is 0 Å². The smallest absolute Gasteiger partial charge is 0.323 e. The van der Waals surface area contributed by atoms with Gasteiger partial charge >= 0.3 is 6.03 Å². The van der Waals surface area contributed by atoms with Crippen molar-refractivity contribution >= 4 is 11.9 Å². The maximum atomic E-state index is 13.3. The minimum absolute atomic E-state index is 0.0403. The number of nitrogens with one attached hydrogen (secondary N) is 1. The zero-order valence-corrected chi connectivity index (χ0v) is 16.7. The lowest BCUT2D eigenvalue weighted by Gasteiger charge is -2.40. The normalized spacial score (nSPS) is 33.5. The molecule has 1 spiro atoms. The predicted octanol–water partition coefficient (Wildman–Crippen LogP) is 3.88. The van der Waals surface area contributed by atoms with E-state index in [1.54, 1.807) is 0 Å². The van der Waals surface area contributed by atoms with Gasteiger partial charge in [0.25, 0.3) is 5.91 Å². The van der Waals surface area contributed by atoms with Crippen molar-refractivity contribution in [2.24, 2.45) is 11.3 Å². The highest BCUT2D eigenvalue weighted by atomic mass is 16.2. The third-order valence-corrected chi connectivity index (χ3v) is 7.42. The predicted molar refractivity (Wildman–Crippen MR) is 102 cm³/mol. The van der Waals surface area contributed by atoms with Crippen LogP contribution in [-0.2, 0) is 4.79 Å². The average molecular weight is 362 g/mol. The molecule has 5 heteroatoms. The number of nitrogens with zero attached hydrogens (tertiary/aromatic N) is 2. The minimum atomic E-state index is -0.621. The molecule has 0 aromatic rings. The first-order valence-electron chi connectivity index (χ1n) is 10.7. The molecule has 3 aliphatic carbocycles. The Labute approximate surface area is 157 Å². The van der Waals surface area contributed by atoms with Gasteiger partial charge in [-0.05, 0) is 62.7 Å². The lowest BCUT2D eigenvalue weighted by atomic mass is 9.67. The first kappa shape index (κ1) is 18.3. The number of hydrogen-bond donors (Lipinski definition) is 1. The van der Waals surface area contributed by atoms with E-state index in [1.165, 1.54) is 43.4 Å². The molecule has 4 fully saturated rings. The van der Waals surface area contributed by atoms with Gasteiger partial charge < -0.3 is 5.32 Å². The fourth-order valence-corrected chi connectivity index (χ4v) is 5.45. The van der Waals surface area contributed by atoms with Crippen molar-refractivity contribution in [1.29, 1.82) is 0 Å². The highest BCUT2D eigenvalue weighted by Gasteiger charge is 2.54. The molecule has 0 aromatic heterocycles. The molecule has 3 saturated carbocycles. The molecule has 1 aliphatic heterocycles. The van der Waals surface area contributed by atoms with Crippen molar-refractivity contribution in [2.75, 3.05) is 6.67 Å². The second-order valence-corrected chi connectivity index (χ2v) is 10.2. The average Bonchev–Trinajstić information content (AvgIpc) is 3.22. The fraction of sp³-hybridized carbons (Fsp3) is 0.905. The number of hydrogen-bond acceptors (Lipinski definition) is 3. The minimum Gasteiger partial charge on any atom is -0.323 e. The van der Waals surface area contributed by atoms with Crippen molar-refractivity contribution in [3.8, 4) is 0 Å². The first-order chi connectivity index (χ1) is 12.3. The molecule has 146 valence electrons. The number of urea groups is 1. The largest absolute Gasteiger partial charge is 0.326 e. The van der Waals surface area contributed by atoms with E-state index in [-0.39, 0.29) is 17.4 Å². The standard InChI is InChI=1S/C21H35N3O2/c1-20(2,3)15-10-12-21(13-11-15)18(25)24(19(26)22-21)14-23(17-8-9-17)16-6-4-5-7-16/h15-17H,4-14H2,1-3H3,(H,22,26). The van der Waals surface area contributed by atoms with Crippen LogP contribution in [0.3, 0.4) is 0 Å². The van der Waals surface area contributed by atoms with Crippen molar-refractivity contribution in [2.45, 2.75) is 103 Å². The Morgan fingerprint density at radius 2 is 1.58 bits per heavy atom. The molecule has 4 aliphatic rings. The van der Waals surface area contributed by atoms with Gasteiger partial charge in [-0.1, -0.05) is 33.6 Å². The van der Waals surface area contributed by atoms with E-state index in [0.29, 0.717) is 24.7 Å². The molecule has 26 heavy (non-hydrogen) atoms. The van der Waals surface area contributed by atoms with Gasteiger partial charge in [0, 0.05) is 12.1 Å². The number of carbonyl (C=O) groups excluding carboxylic acids is 2. The molecular formula is C21H35N3O2. The summed E-state index contributed by atoms with van der Waals surface area (Å²) in [6.07, 6.45) is 11.1. The highest BCUT2D eigenvalue weighted by molar-refractivity contribution is 6.07. The summed E-state index contributed by atoms with van der Waals surface area (Å²) in [5, 5.41) is 3.11. The van der Waals surface area contributed by atoms with E-state index in [4.69, 9.17) is 0 Å². The maximum absolute atomic E-state index is 13.3. The molecule has 0 unspecified atom stereocenters. The topological polar surface area (TPSA) is 52.7 Å². The van der Waals surface area contributed by atoms with Crippen LogP contribution in [-0.4, -0.2) is 46.0 Å². The van der Waals surface area contributed by atoms with Gasteiger partial charge in [-0.2, -0.15) is 0 Å². The second kappa shape index (κ2) is 6.50. The molecule has 1 N–H and O–H groups in total. The van der Waals surface area contributed by atoms with Crippen LogP contribution in [0.4, 0.5) is 4.79 Å². The Kier molecular flexibility index (Phi) is 4.57. The van der Waals surface area contributed by atoms with Gasteiger partial charge in [-0.3, -0.25) is 9.69 Å². The Hall–Kier alpha value is -1.10. The van der Waals surface area contributed by atoms with Crippen LogP contribution in [0, 0.1) is 11.3 Å². The quantitative estimate of drug-likeness (QED) is 0.773. The van der Waals surface area contributed by atoms with Gasteiger partial charge in [-0.25, -0.2) is 9.69 Å². The first-order valence-corrected chi connectivity index (χ1v) is 10.7. The summed E-state index contributed by atoms with van der Waals surface area (Å²) in [4.78, 5) is 30.0. The molecule has 1 heterocycles. The number of carbonyl (C=O) groups is 2. The zero-order chi connectivity index (χ0) is 18.5. The molecule has 5 nitrogen and oxygen atoms in total. The van der Waals surface area contributed by atoms with E-state index < -0.39 is 5.54 Å². The highest BCUT2D eigenvalue weighted by Crippen LogP contribution is 2.44.